The second kappa shape index (κ2) is 4.28. The van der Waals surface area contributed by atoms with Crippen LogP contribution < -0.4 is 11.5 Å². The predicted molar refractivity (Wildman–Crippen MR) is 70.4 cm³/mol. The molecule has 1 heterocycles. The van der Waals surface area contributed by atoms with Gasteiger partial charge in [-0.25, -0.2) is 9.18 Å². The minimum Gasteiger partial charge on any atom is -0.405 e. The highest BCUT2D eigenvalue weighted by Gasteiger charge is 2.11. The van der Waals surface area contributed by atoms with Crippen molar-refractivity contribution < 1.29 is 8.81 Å². The molecule has 96 valence electrons. The first kappa shape index (κ1) is 11.5. The van der Waals surface area contributed by atoms with Gasteiger partial charge in [0.1, 0.15) is 5.82 Å². The normalized spacial score (nSPS) is 11.0. The van der Waals surface area contributed by atoms with E-state index in [0.717, 1.165) is 0 Å². The van der Waals surface area contributed by atoms with Crippen LogP contribution in [0.3, 0.4) is 0 Å². The van der Waals surface area contributed by atoms with Crippen molar-refractivity contribution in [3.05, 3.63) is 64.4 Å². The zero-order valence-electron chi connectivity index (χ0n) is 9.97. The fraction of sp³-hybridized carbons (Fsp3) is 0.0714. The molecule has 2 N–H and O–H groups in total. The second-order valence-electron chi connectivity index (χ2n) is 4.28. The van der Waals surface area contributed by atoms with Gasteiger partial charge in [-0.05, 0) is 29.8 Å². The highest BCUT2D eigenvalue weighted by atomic mass is 19.1. The van der Waals surface area contributed by atoms with Gasteiger partial charge < -0.3 is 10.2 Å². The van der Waals surface area contributed by atoms with E-state index in [0.29, 0.717) is 22.4 Å². The van der Waals surface area contributed by atoms with Gasteiger partial charge in [-0.1, -0.05) is 18.2 Å². The van der Waals surface area contributed by atoms with Crippen LogP contribution in [0.5, 0.6) is 0 Å². The lowest BCUT2D eigenvalue weighted by atomic mass is 10.2. The molecule has 0 amide bonds. The Morgan fingerprint density at radius 1 is 1.21 bits per heavy atom. The Bertz CT molecular complexity index is 805. The summed E-state index contributed by atoms with van der Waals surface area (Å²) >= 11 is 0. The molecule has 0 fully saturated rings. The van der Waals surface area contributed by atoms with Crippen LogP contribution in [0, 0.1) is 5.82 Å². The third-order valence-corrected chi connectivity index (χ3v) is 2.95. The highest BCUT2D eigenvalue weighted by Crippen LogP contribution is 2.20. The number of para-hydroxylation sites is 1. The first-order valence-corrected chi connectivity index (χ1v) is 5.77. The van der Waals surface area contributed by atoms with Crippen molar-refractivity contribution in [3.63, 3.8) is 0 Å². The molecule has 19 heavy (non-hydrogen) atoms. The summed E-state index contributed by atoms with van der Waals surface area (Å²) in [4.78, 5) is 11.8. The number of nitrogens with two attached hydrogens (primary N) is 1. The van der Waals surface area contributed by atoms with Gasteiger partial charge in [-0.2, -0.15) is 0 Å². The Hall–Kier alpha value is -2.56. The second-order valence-corrected chi connectivity index (χ2v) is 4.28. The summed E-state index contributed by atoms with van der Waals surface area (Å²) in [7, 11) is 0. The van der Waals surface area contributed by atoms with Gasteiger partial charge in [-0.3, -0.25) is 4.57 Å². The molecule has 0 spiro atoms. The lowest BCUT2D eigenvalue weighted by molar-refractivity contribution is 0.518. The molecule has 1 aromatic heterocycles. The molecule has 0 aliphatic rings. The van der Waals surface area contributed by atoms with Crippen LogP contribution in [0.25, 0.3) is 11.1 Å². The van der Waals surface area contributed by atoms with Crippen LogP contribution in [0.2, 0.25) is 0 Å². The Morgan fingerprint density at radius 2 is 2.00 bits per heavy atom. The molecule has 0 saturated heterocycles. The van der Waals surface area contributed by atoms with Crippen molar-refractivity contribution in [1.29, 1.82) is 0 Å². The Morgan fingerprint density at radius 3 is 2.79 bits per heavy atom. The Labute approximate surface area is 107 Å². The van der Waals surface area contributed by atoms with Gasteiger partial charge in [0.15, 0.2) is 5.58 Å². The number of benzene rings is 2. The molecule has 0 unspecified atom stereocenters. The van der Waals surface area contributed by atoms with Crippen molar-refractivity contribution in [2.45, 2.75) is 6.54 Å². The molecule has 4 nitrogen and oxygen atoms in total. The van der Waals surface area contributed by atoms with Crippen LogP contribution >= 0.6 is 0 Å². The van der Waals surface area contributed by atoms with Crippen molar-refractivity contribution in [2.75, 3.05) is 5.73 Å². The van der Waals surface area contributed by atoms with Crippen molar-refractivity contribution in [1.82, 2.24) is 4.57 Å². The summed E-state index contributed by atoms with van der Waals surface area (Å²) in [6.45, 7) is 0.243. The van der Waals surface area contributed by atoms with E-state index in [-0.39, 0.29) is 12.4 Å². The molecule has 0 aliphatic carbocycles. The van der Waals surface area contributed by atoms with E-state index in [1.54, 1.807) is 30.3 Å². The maximum Gasteiger partial charge on any atom is 0.420 e. The average molecular weight is 258 g/mol. The summed E-state index contributed by atoms with van der Waals surface area (Å²) < 4.78 is 19.7. The molecule has 5 heteroatoms. The lowest BCUT2D eigenvalue weighted by Crippen LogP contribution is -2.14. The standard InChI is InChI=1S/C14H11FN2O2/c15-10-4-1-3-9(7-10)8-17-12-6-2-5-11(16)13(12)19-14(17)18/h1-7H,8,16H2. The zero-order valence-corrected chi connectivity index (χ0v) is 9.97. The van der Waals surface area contributed by atoms with Crippen molar-refractivity contribution in [3.8, 4) is 0 Å². The van der Waals surface area contributed by atoms with Crippen LogP contribution in [-0.2, 0) is 6.54 Å². The Kier molecular flexibility index (Phi) is 2.59. The average Bonchev–Trinajstić information content (AvgIpc) is 2.69. The maximum absolute atomic E-state index is 13.1. The number of rotatable bonds is 2. The number of nitrogens with zero attached hydrogens (tertiary/aromatic N) is 1. The lowest BCUT2D eigenvalue weighted by Gasteiger charge is -2.03. The topological polar surface area (TPSA) is 61.2 Å². The number of aromatic nitrogens is 1. The minimum atomic E-state index is -0.503. The van der Waals surface area contributed by atoms with E-state index >= 15 is 0 Å². The van der Waals surface area contributed by atoms with Gasteiger partial charge in [0.05, 0.1) is 17.7 Å². The van der Waals surface area contributed by atoms with Gasteiger partial charge in [0.25, 0.3) is 0 Å². The monoisotopic (exact) mass is 258 g/mol. The summed E-state index contributed by atoms with van der Waals surface area (Å²) in [5, 5.41) is 0. The van der Waals surface area contributed by atoms with E-state index in [1.165, 1.54) is 16.7 Å². The predicted octanol–water partition coefficient (Wildman–Crippen LogP) is 2.36. The summed E-state index contributed by atoms with van der Waals surface area (Å²) in [6.07, 6.45) is 0. The number of hydrogen-bond donors (Lipinski definition) is 1. The summed E-state index contributed by atoms with van der Waals surface area (Å²) in [5.41, 5.74) is 7.82. The van der Waals surface area contributed by atoms with Crippen LogP contribution in [-0.4, -0.2) is 4.57 Å². The van der Waals surface area contributed by atoms with E-state index in [1.807, 2.05) is 0 Å². The van der Waals surface area contributed by atoms with Crippen LogP contribution in [0.15, 0.2) is 51.7 Å². The molecular formula is C14H11FN2O2. The number of anilines is 1. The SMILES string of the molecule is Nc1cccc2c1oc(=O)n2Cc1cccc(F)c1. The molecule has 0 aliphatic heterocycles. The highest BCUT2D eigenvalue weighted by molar-refractivity contribution is 5.84. The first-order chi connectivity index (χ1) is 9.15. The van der Waals surface area contributed by atoms with E-state index in [4.69, 9.17) is 10.2 Å². The quantitative estimate of drug-likeness (QED) is 0.718. The van der Waals surface area contributed by atoms with E-state index < -0.39 is 5.76 Å². The smallest absolute Gasteiger partial charge is 0.405 e. The van der Waals surface area contributed by atoms with Gasteiger partial charge in [-0.15, -0.1) is 0 Å². The van der Waals surface area contributed by atoms with Gasteiger partial charge >= 0.3 is 5.76 Å². The van der Waals surface area contributed by atoms with E-state index in [2.05, 4.69) is 0 Å². The molecule has 0 bridgehead atoms. The zero-order chi connectivity index (χ0) is 13.4. The molecule has 3 aromatic rings. The number of oxazole rings is 1. The first-order valence-electron chi connectivity index (χ1n) is 5.77. The number of fused-ring (bicyclic) bond motifs is 1. The third kappa shape index (κ3) is 1.99. The van der Waals surface area contributed by atoms with Crippen LogP contribution in [0.1, 0.15) is 5.56 Å². The van der Waals surface area contributed by atoms with E-state index in [9.17, 15) is 9.18 Å². The molecule has 3 rings (SSSR count). The fourth-order valence-electron chi connectivity index (χ4n) is 2.07. The largest absolute Gasteiger partial charge is 0.420 e. The maximum atomic E-state index is 13.1. The van der Waals surface area contributed by atoms with Gasteiger partial charge in [0, 0.05) is 0 Å². The van der Waals surface area contributed by atoms with Crippen LogP contribution in [0.4, 0.5) is 10.1 Å². The van der Waals surface area contributed by atoms with Crippen molar-refractivity contribution >= 4 is 16.8 Å². The number of halogens is 1. The summed E-state index contributed by atoms with van der Waals surface area (Å²) in [6, 6.07) is 11.3. The van der Waals surface area contributed by atoms with Gasteiger partial charge in [0.2, 0.25) is 0 Å². The number of nitrogen functional groups attached to an aromatic ring is 1. The molecule has 0 radical (unpaired) electrons. The molecule has 2 aromatic carbocycles. The Balaban J connectivity index is 2.13. The molecule has 0 saturated carbocycles. The van der Waals surface area contributed by atoms with Crippen molar-refractivity contribution in [2.24, 2.45) is 0 Å². The number of hydrogen-bond acceptors (Lipinski definition) is 3. The minimum absolute atomic E-state index is 0.243. The molecular weight excluding hydrogens is 247 g/mol. The third-order valence-electron chi connectivity index (χ3n) is 2.95. The summed E-state index contributed by atoms with van der Waals surface area (Å²) in [5.74, 6) is -0.838. The molecule has 0 atom stereocenters. The fourth-order valence-corrected chi connectivity index (χ4v) is 2.07.